The molecule has 1 aromatic rings. The lowest BCUT2D eigenvalue weighted by Crippen LogP contribution is -2.26. The highest BCUT2D eigenvalue weighted by atomic mass is 79.9. The highest BCUT2D eigenvalue weighted by Gasteiger charge is 2.29. The molecule has 4 nitrogen and oxygen atoms in total. The molecule has 0 fully saturated rings. The Hall–Kier alpha value is -1.17. The zero-order chi connectivity index (χ0) is 13.1. The van der Waals surface area contributed by atoms with E-state index in [0.29, 0.717) is 18.6 Å². The minimum Gasteiger partial charge on any atom is -0.466 e. The van der Waals surface area contributed by atoms with Gasteiger partial charge in [-0.3, -0.25) is 0 Å². The van der Waals surface area contributed by atoms with Crippen LogP contribution in [0.2, 0.25) is 0 Å². The third-order valence-corrected chi connectivity index (χ3v) is 3.37. The number of hydrogen-bond acceptors (Lipinski definition) is 4. The molecule has 0 spiro atoms. The van der Waals surface area contributed by atoms with Crippen molar-refractivity contribution in [3.05, 3.63) is 45.4 Å². The van der Waals surface area contributed by atoms with Gasteiger partial charge in [0.05, 0.1) is 19.3 Å². The number of esters is 1. The summed E-state index contributed by atoms with van der Waals surface area (Å²) >= 11 is 3.38. The Morgan fingerprint density at radius 2 is 2.17 bits per heavy atom. The fourth-order valence-electron chi connectivity index (χ4n) is 1.92. The predicted molar refractivity (Wildman–Crippen MR) is 70.8 cm³/mol. The van der Waals surface area contributed by atoms with Crippen LogP contribution in [0, 0.1) is 0 Å². The lowest BCUT2D eigenvalue weighted by Gasteiger charge is -2.07. The molecule has 2 N–H and O–H groups in total. The van der Waals surface area contributed by atoms with Gasteiger partial charge in [-0.1, -0.05) is 28.1 Å². The molecule has 5 heteroatoms. The van der Waals surface area contributed by atoms with E-state index in [4.69, 9.17) is 15.2 Å². The van der Waals surface area contributed by atoms with Crippen LogP contribution in [0.25, 0.3) is 0 Å². The van der Waals surface area contributed by atoms with E-state index in [1.54, 1.807) is 0 Å². The normalized spacial score (nSPS) is 19.2. The Labute approximate surface area is 114 Å². The quantitative estimate of drug-likeness (QED) is 0.864. The Kier molecular flexibility index (Phi) is 4.16. The van der Waals surface area contributed by atoms with Gasteiger partial charge in [-0.2, -0.15) is 0 Å². The first kappa shape index (κ1) is 13.3. The van der Waals surface area contributed by atoms with Crippen LogP contribution in [0.1, 0.15) is 5.56 Å². The van der Waals surface area contributed by atoms with Crippen molar-refractivity contribution in [2.45, 2.75) is 12.6 Å². The van der Waals surface area contributed by atoms with E-state index in [1.807, 2.05) is 24.3 Å². The van der Waals surface area contributed by atoms with Crippen molar-refractivity contribution in [2.75, 3.05) is 13.7 Å². The summed E-state index contributed by atoms with van der Waals surface area (Å²) in [5, 5.41) is 0. The zero-order valence-corrected chi connectivity index (χ0v) is 11.6. The molecule has 1 unspecified atom stereocenters. The van der Waals surface area contributed by atoms with E-state index in [0.717, 1.165) is 15.6 Å². The maximum atomic E-state index is 11.6. The fourth-order valence-corrected chi connectivity index (χ4v) is 2.18. The lowest BCUT2D eigenvalue weighted by atomic mass is 10.0. The Morgan fingerprint density at radius 3 is 2.78 bits per heavy atom. The van der Waals surface area contributed by atoms with Gasteiger partial charge in [-0.15, -0.1) is 0 Å². The molecule has 0 amide bonds. The van der Waals surface area contributed by atoms with Gasteiger partial charge < -0.3 is 15.2 Å². The van der Waals surface area contributed by atoms with Gasteiger partial charge >= 0.3 is 5.97 Å². The fraction of sp³-hybridized carbons (Fsp3) is 0.308. The molecule has 0 bridgehead atoms. The van der Waals surface area contributed by atoms with Gasteiger partial charge in [0.1, 0.15) is 6.23 Å². The Bertz CT molecular complexity index is 482. The first-order valence-electron chi connectivity index (χ1n) is 5.53. The summed E-state index contributed by atoms with van der Waals surface area (Å²) in [5.74, 6) is -0.410. The molecule has 1 aliphatic heterocycles. The average molecular weight is 312 g/mol. The van der Waals surface area contributed by atoms with Crippen molar-refractivity contribution in [3.8, 4) is 0 Å². The molecule has 1 heterocycles. The molecule has 0 aromatic heterocycles. The van der Waals surface area contributed by atoms with Crippen molar-refractivity contribution in [2.24, 2.45) is 5.73 Å². The molecule has 18 heavy (non-hydrogen) atoms. The van der Waals surface area contributed by atoms with Crippen molar-refractivity contribution in [1.82, 2.24) is 0 Å². The molecule has 0 aliphatic carbocycles. The number of rotatable bonds is 3. The van der Waals surface area contributed by atoms with E-state index in [2.05, 4.69) is 15.9 Å². The van der Waals surface area contributed by atoms with Crippen molar-refractivity contribution >= 4 is 21.9 Å². The van der Waals surface area contributed by atoms with Crippen molar-refractivity contribution in [3.63, 3.8) is 0 Å². The number of halogens is 1. The molecule has 0 saturated heterocycles. The van der Waals surface area contributed by atoms with Crippen LogP contribution < -0.4 is 5.73 Å². The van der Waals surface area contributed by atoms with Gasteiger partial charge in [0.15, 0.2) is 0 Å². The van der Waals surface area contributed by atoms with E-state index in [-0.39, 0.29) is 0 Å². The minimum atomic E-state index is -0.678. The van der Waals surface area contributed by atoms with Crippen LogP contribution in [0.4, 0.5) is 0 Å². The summed E-state index contributed by atoms with van der Waals surface area (Å²) in [6, 6.07) is 7.92. The van der Waals surface area contributed by atoms with Crippen LogP contribution in [-0.4, -0.2) is 25.9 Å². The van der Waals surface area contributed by atoms with Crippen LogP contribution in [0.15, 0.2) is 39.9 Å². The number of hydrogen-bond donors (Lipinski definition) is 1. The number of carbonyl (C=O) groups excluding carboxylic acids is 1. The average Bonchev–Trinajstić information content (AvgIpc) is 2.72. The van der Waals surface area contributed by atoms with E-state index >= 15 is 0 Å². The summed E-state index contributed by atoms with van der Waals surface area (Å²) in [6.07, 6.45) is -0.0336. The first-order chi connectivity index (χ1) is 8.61. The molecule has 0 radical (unpaired) electrons. The second kappa shape index (κ2) is 5.65. The molecule has 96 valence electrons. The standard InChI is InChI=1S/C13H14BrNO3/c1-17-13(16)11-9(7-18-12(11)15)6-8-2-4-10(14)5-3-8/h2-5,12H,6-7,15H2,1H3. The van der Waals surface area contributed by atoms with Crippen LogP contribution in [0.3, 0.4) is 0 Å². The van der Waals surface area contributed by atoms with Crippen LogP contribution in [0.5, 0.6) is 0 Å². The maximum Gasteiger partial charge on any atom is 0.337 e. The van der Waals surface area contributed by atoms with E-state index in [1.165, 1.54) is 7.11 Å². The zero-order valence-electron chi connectivity index (χ0n) is 9.98. The molecule has 0 saturated carbocycles. The highest BCUT2D eigenvalue weighted by molar-refractivity contribution is 9.10. The number of ether oxygens (including phenoxy) is 2. The highest BCUT2D eigenvalue weighted by Crippen LogP contribution is 2.23. The summed E-state index contributed by atoms with van der Waals surface area (Å²) in [4.78, 5) is 11.6. The van der Waals surface area contributed by atoms with Gasteiger partial charge in [-0.05, 0) is 29.7 Å². The lowest BCUT2D eigenvalue weighted by molar-refractivity contribution is -0.137. The largest absolute Gasteiger partial charge is 0.466 e. The van der Waals surface area contributed by atoms with Gasteiger partial charge in [-0.25, -0.2) is 4.79 Å². The number of carbonyl (C=O) groups is 1. The first-order valence-corrected chi connectivity index (χ1v) is 6.33. The molecule has 2 rings (SSSR count). The van der Waals surface area contributed by atoms with Gasteiger partial charge in [0.2, 0.25) is 0 Å². The third-order valence-electron chi connectivity index (χ3n) is 2.84. The van der Waals surface area contributed by atoms with Crippen LogP contribution in [-0.2, 0) is 20.7 Å². The second-order valence-corrected chi connectivity index (χ2v) is 4.96. The van der Waals surface area contributed by atoms with Gasteiger partial charge in [0, 0.05) is 4.47 Å². The van der Waals surface area contributed by atoms with Crippen molar-refractivity contribution < 1.29 is 14.3 Å². The molecule has 1 atom stereocenters. The smallest absolute Gasteiger partial charge is 0.337 e. The number of benzene rings is 1. The SMILES string of the molecule is COC(=O)C1=C(Cc2ccc(Br)cc2)COC1N. The molecular weight excluding hydrogens is 298 g/mol. The Morgan fingerprint density at radius 1 is 1.50 bits per heavy atom. The molecule has 1 aliphatic rings. The van der Waals surface area contributed by atoms with Crippen molar-refractivity contribution in [1.29, 1.82) is 0 Å². The topological polar surface area (TPSA) is 61.5 Å². The molecule has 1 aromatic carbocycles. The maximum absolute atomic E-state index is 11.6. The molecular formula is C13H14BrNO3. The summed E-state index contributed by atoms with van der Waals surface area (Å²) in [5.41, 5.74) is 8.17. The Balaban J connectivity index is 2.23. The summed E-state index contributed by atoms with van der Waals surface area (Å²) < 4.78 is 11.0. The summed E-state index contributed by atoms with van der Waals surface area (Å²) in [7, 11) is 1.34. The van der Waals surface area contributed by atoms with E-state index < -0.39 is 12.2 Å². The third kappa shape index (κ3) is 2.80. The summed E-state index contributed by atoms with van der Waals surface area (Å²) in [6.45, 7) is 0.377. The second-order valence-electron chi connectivity index (χ2n) is 4.04. The van der Waals surface area contributed by atoms with E-state index in [9.17, 15) is 4.79 Å². The monoisotopic (exact) mass is 311 g/mol. The number of nitrogens with two attached hydrogens (primary N) is 1. The number of methoxy groups -OCH3 is 1. The van der Waals surface area contributed by atoms with Gasteiger partial charge in [0.25, 0.3) is 0 Å². The van der Waals surface area contributed by atoms with Crippen LogP contribution >= 0.6 is 15.9 Å². The predicted octanol–water partition coefficient (Wildman–Crippen LogP) is 1.78. The minimum absolute atomic E-state index is 0.377.